The number of amides is 1. The van der Waals surface area contributed by atoms with Crippen molar-refractivity contribution in [2.75, 3.05) is 11.9 Å². The van der Waals surface area contributed by atoms with Crippen LogP contribution in [-0.4, -0.2) is 29.0 Å². The number of aromatic carboxylic acids is 1. The van der Waals surface area contributed by atoms with Gasteiger partial charge in [-0.15, -0.1) is 0 Å². The van der Waals surface area contributed by atoms with E-state index in [2.05, 4.69) is 4.98 Å². The summed E-state index contributed by atoms with van der Waals surface area (Å²) in [6.45, 7) is 0. The Kier molecular flexibility index (Phi) is 4.14. The molecule has 102 valence electrons. The second-order valence-electron chi connectivity index (χ2n) is 5.00. The maximum atomic E-state index is 12.0. The molecule has 5 heteroatoms. The molecule has 0 aromatic carbocycles. The predicted molar refractivity (Wildman–Crippen MR) is 71.2 cm³/mol. The highest BCUT2D eigenvalue weighted by Crippen LogP contribution is 2.30. The molecule has 5 nitrogen and oxygen atoms in total. The second-order valence-corrected chi connectivity index (χ2v) is 5.00. The first-order chi connectivity index (χ1) is 9.08. The molecule has 0 radical (unpaired) electrons. The van der Waals surface area contributed by atoms with E-state index in [0.29, 0.717) is 18.2 Å². The molecule has 1 aromatic rings. The second kappa shape index (κ2) is 5.82. The number of hydrogen-bond acceptors (Lipinski definition) is 3. The van der Waals surface area contributed by atoms with Gasteiger partial charge in [-0.3, -0.25) is 9.69 Å². The molecule has 0 saturated heterocycles. The van der Waals surface area contributed by atoms with Crippen LogP contribution in [0.2, 0.25) is 0 Å². The number of hydrogen-bond donors (Lipinski definition) is 1. The summed E-state index contributed by atoms with van der Waals surface area (Å²) in [5.41, 5.74) is 0.142. The fraction of sp³-hybridized carbons (Fsp3) is 0.500. The van der Waals surface area contributed by atoms with Gasteiger partial charge in [0.25, 0.3) is 0 Å². The first-order valence-electron chi connectivity index (χ1n) is 6.54. The molecular formula is C14H18N2O3. The van der Waals surface area contributed by atoms with Crippen molar-refractivity contribution in [3.63, 3.8) is 0 Å². The number of pyridine rings is 1. The highest BCUT2D eigenvalue weighted by atomic mass is 16.4. The fourth-order valence-corrected chi connectivity index (χ4v) is 2.14. The third-order valence-corrected chi connectivity index (χ3v) is 3.70. The number of nitrogens with zero attached hydrogens (tertiary/aromatic N) is 2. The molecule has 19 heavy (non-hydrogen) atoms. The molecule has 0 bridgehead atoms. The topological polar surface area (TPSA) is 70.5 Å². The maximum absolute atomic E-state index is 12.0. The lowest BCUT2D eigenvalue weighted by molar-refractivity contribution is -0.118. The molecule has 1 aromatic heterocycles. The van der Waals surface area contributed by atoms with Gasteiger partial charge in [-0.1, -0.05) is 19.3 Å². The molecule has 0 unspecified atom stereocenters. The van der Waals surface area contributed by atoms with E-state index in [-0.39, 0.29) is 11.5 Å². The normalized spacial score (nSPS) is 14.8. The molecule has 1 amide bonds. The van der Waals surface area contributed by atoms with Crippen molar-refractivity contribution in [3.05, 3.63) is 23.9 Å². The van der Waals surface area contributed by atoms with Gasteiger partial charge in [0.05, 0.1) is 5.56 Å². The predicted octanol–water partition coefficient (Wildman–Crippen LogP) is 2.32. The van der Waals surface area contributed by atoms with Gasteiger partial charge in [0, 0.05) is 19.7 Å². The zero-order chi connectivity index (χ0) is 13.8. The van der Waals surface area contributed by atoms with Crippen molar-refractivity contribution in [2.45, 2.75) is 32.1 Å². The molecule has 0 spiro atoms. The van der Waals surface area contributed by atoms with E-state index in [1.165, 1.54) is 42.5 Å². The molecule has 1 heterocycles. The van der Waals surface area contributed by atoms with Gasteiger partial charge in [-0.2, -0.15) is 0 Å². The molecule has 1 fully saturated rings. The van der Waals surface area contributed by atoms with E-state index in [0.717, 1.165) is 6.42 Å². The molecule has 1 aliphatic rings. The third-order valence-electron chi connectivity index (χ3n) is 3.70. The van der Waals surface area contributed by atoms with Gasteiger partial charge in [0.15, 0.2) is 0 Å². The highest BCUT2D eigenvalue weighted by molar-refractivity contribution is 5.94. The summed E-state index contributed by atoms with van der Waals surface area (Å²) in [4.78, 5) is 28.4. The van der Waals surface area contributed by atoms with Crippen molar-refractivity contribution >= 4 is 17.7 Å². The van der Waals surface area contributed by atoms with Gasteiger partial charge >= 0.3 is 5.97 Å². The van der Waals surface area contributed by atoms with Crippen LogP contribution >= 0.6 is 0 Å². The Morgan fingerprint density at radius 2 is 2.21 bits per heavy atom. The van der Waals surface area contributed by atoms with Crippen molar-refractivity contribution in [1.29, 1.82) is 0 Å². The molecule has 2 rings (SSSR count). The summed E-state index contributed by atoms with van der Waals surface area (Å²) in [7, 11) is 1.64. The number of anilines is 1. The van der Waals surface area contributed by atoms with Crippen molar-refractivity contribution < 1.29 is 14.7 Å². The van der Waals surface area contributed by atoms with Crippen LogP contribution in [0.15, 0.2) is 18.3 Å². The quantitative estimate of drug-likeness (QED) is 0.884. The zero-order valence-electron chi connectivity index (χ0n) is 11.0. The SMILES string of the molecule is CN(C(=O)CCC1CCC1)c1cc(C(=O)O)ccn1. The molecule has 0 aliphatic heterocycles. The van der Waals surface area contributed by atoms with Crippen molar-refractivity contribution in [3.8, 4) is 0 Å². The zero-order valence-corrected chi connectivity index (χ0v) is 11.0. The van der Waals surface area contributed by atoms with Crippen LogP contribution in [0.4, 0.5) is 5.82 Å². The average molecular weight is 262 g/mol. The minimum absolute atomic E-state index is 0.0121. The third kappa shape index (κ3) is 3.30. The Morgan fingerprint density at radius 1 is 1.47 bits per heavy atom. The van der Waals surface area contributed by atoms with E-state index in [4.69, 9.17) is 5.11 Å². The summed E-state index contributed by atoms with van der Waals surface area (Å²) < 4.78 is 0. The number of carboxylic acid groups (broad SMARTS) is 1. The van der Waals surface area contributed by atoms with Gasteiger partial charge in [-0.05, 0) is 24.5 Å². The fourth-order valence-electron chi connectivity index (χ4n) is 2.14. The number of carbonyl (C=O) groups excluding carboxylic acids is 1. The van der Waals surface area contributed by atoms with Gasteiger partial charge in [0.2, 0.25) is 5.91 Å². The Labute approximate surface area is 112 Å². The molecule has 0 atom stereocenters. The smallest absolute Gasteiger partial charge is 0.335 e. The average Bonchev–Trinajstić information content (AvgIpc) is 2.36. The Bertz CT molecular complexity index is 483. The lowest BCUT2D eigenvalue weighted by Crippen LogP contribution is -2.28. The van der Waals surface area contributed by atoms with Crippen molar-refractivity contribution in [2.24, 2.45) is 5.92 Å². The van der Waals surface area contributed by atoms with Crippen molar-refractivity contribution in [1.82, 2.24) is 4.98 Å². The molecule has 1 N–H and O–H groups in total. The summed E-state index contributed by atoms with van der Waals surface area (Å²) in [5.74, 6) is 0.0510. The number of carboxylic acids is 1. The summed E-state index contributed by atoms with van der Waals surface area (Å²) in [6, 6.07) is 2.84. The highest BCUT2D eigenvalue weighted by Gasteiger charge is 2.20. The van der Waals surface area contributed by atoms with Crippen LogP contribution in [0.3, 0.4) is 0 Å². The molecule has 1 aliphatic carbocycles. The number of carbonyl (C=O) groups is 2. The van der Waals surface area contributed by atoms with Crippen LogP contribution in [0, 0.1) is 5.92 Å². The lowest BCUT2D eigenvalue weighted by atomic mass is 9.82. The summed E-state index contributed by atoms with van der Waals surface area (Å²) >= 11 is 0. The van der Waals surface area contributed by atoms with Crippen LogP contribution < -0.4 is 4.90 Å². The van der Waals surface area contributed by atoms with E-state index >= 15 is 0 Å². The van der Waals surface area contributed by atoms with E-state index in [9.17, 15) is 9.59 Å². The number of aromatic nitrogens is 1. The molecular weight excluding hydrogens is 244 g/mol. The first kappa shape index (κ1) is 13.5. The van der Waals surface area contributed by atoms with E-state index in [1.54, 1.807) is 7.05 Å². The van der Waals surface area contributed by atoms with Crippen LogP contribution in [-0.2, 0) is 4.79 Å². The Morgan fingerprint density at radius 3 is 2.79 bits per heavy atom. The Hall–Kier alpha value is -1.91. The van der Waals surface area contributed by atoms with Crippen LogP contribution in [0.25, 0.3) is 0 Å². The largest absolute Gasteiger partial charge is 0.478 e. The summed E-state index contributed by atoms with van der Waals surface area (Å²) in [5, 5.41) is 8.91. The van der Waals surface area contributed by atoms with Gasteiger partial charge < -0.3 is 5.11 Å². The van der Waals surface area contributed by atoms with E-state index < -0.39 is 5.97 Å². The Balaban J connectivity index is 1.97. The van der Waals surface area contributed by atoms with Crippen LogP contribution in [0.5, 0.6) is 0 Å². The van der Waals surface area contributed by atoms with Gasteiger partial charge in [0.1, 0.15) is 5.82 Å². The van der Waals surface area contributed by atoms with E-state index in [1.807, 2.05) is 0 Å². The van der Waals surface area contributed by atoms with Gasteiger partial charge in [-0.25, -0.2) is 9.78 Å². The minimum atomic E-state index is -1.01. The van der Waals surface area contributed by atoms with Crippen LogP contribution in [0.1, 0.15) is 42.5 Å². The summed E-state index contributed by atoms with van der Waals surface area (Å²) in [6.07, 6.45) is 6.56. The minimum Gasteiger partial charge on any atom is -0.478 e. The first-order valence-corrected chi connectivity index (χ1v) is 6.54. The standard InChI is InChI=1S/C14H18N2O3/c1-16(13(17)6-5-10-3-2-4-10)12-9-11(14(18)19)7-8-15-12/h7-10H,2-6H2,1H3,(H,18,19). The maximum Gasteiger partial charge on any atom is 0.335 e. The monoisotopic (exact) mass is 262 g/mol. The number of rotatable bonds is 5. The molecule has 1 saturated carbocycles. The lowest BCUT2D eigenvalue weighted by Gasteiger charge is -2.25.